The van der Waals surface area contributed by atoms with Crippen LogP contribution in [0.25, 0.3) is 6.08 Å². The van der Waals surface area contributed by atoms with E-state index in [0.29, 0.717) is 45.8 Å². The van der Waals surface area contributed by atoms with Crippen LogP contribution in [0.3, 0.4) is 0 Å². The number of hydrogen-bond donors (Lipinski definition) is 1. The zero-order valence-corrected chi connectivity index (χ0v) is 23.8. The van der Waals surface area contributed by atoms with Crippen LogP contribution < -0.4 is 24.6 Å². The molecule has 5 amide bonds. The van der Waals surface area contributed by atoms with Gasteiger partial charge in [-0.3, -0.25) is 14.4 Å². The van der Waals surface area contributed by atoms with E-state index in [9.17, 15) is 19.2 Å². The van der Waals surface area contributed by atoms with Crippen LogP contribution in [0.4, 0.5) is 21.9 Å². The number of amides is 5. The zero-order valence-electron chi connectivity index (χ0n) is 23.0. The predicted molar refractivity (Wildman–Crippen MR) is 164 cm³/mol. The van der Waals surface area contributed by atoms with Crippen molar-refractivity contribution >= 4 is 58.5 Å². The Morgan fingerprint density at radius 3 is 1.91 bits per heavy atom. The van der Waals surface area contributed by atoms with Crippen molar-refractivity contribution in [2.24, 2.45) is 0 Å². The van der Waals surface area contributed by atoms with Crippen molar-refractivity contribution in [2.75, 3.05) is 28.3 Å². The molecule has 1 aliphatic heterocycles. The fourth-order valence-electron chi connectivity index (χ4n) is 4.38. The number of carbonyl (C=O) groups excluding carboxylic acids is 4. The van der Waals surface area contributed by atoms with E-state index in [0.717, 1.165) is 9.80 Å². The molecule has 0 unspecified atom stereocenters. The fraction of sp³-hybridized carbons (Fsp3) is 0.0909. The standard InChI is InChI=1S/C33H26ClN3O6/c1-2-42-29-20-22(13-18-28(29)43-21-30(38)35-24-16-14-23(34)15-17-24)19-27-31(39)36(25-9-5-3-6-10-25)33(41)37(32(27)40)26-11-7-4-8-12-26/h3-20H,2,21H2,1H3,(H,35,38). The maximum atomic E-state index is 13.6. The molecular weight excluding hydrogens is 570 g/mol. The minimum atomic E-state index is -0.778. The van der Waals surface area contributed by atoms with Gasteiger partial charge >= 0.3 is 6.03 Å². The number of nitrogens with one attached hydrogen (secondary N) is 1. The first-order valence-corrected chi connectivity index (χ1v) is 13.7. The van der Waals surface area contributed by atoms with Crippen LogP contribution in [0.5, 0.6) is 11.5 Å². The number of barbiturate groups is 1. The average molecular weight is 596 g/mol. The lowest BCUT2D eigenvalue weighted by atomic mass is 10.0. The summed E-state index contributed by atoms with van der Waals surface area (Å²) in [7, 11) is 0. The van der Waals surface area contributed by atoms with Crippen molar-refractivity contribution in [3.05, 3.63) is 119 Å². The molecule has 9 nitrogen and oxygen atoms in total. The SMILES string of the molecule is CCOc1cc(C=C2C(=O)N(c3ccccc3)C(=O)N(c3ccccc3)C2=O)ccc1OCC(=O)Nc1ccc(Cl)cc1. The molecular formula is C33H26ClN3O6. The summed E-state index contributed by atoms with van der Waals surface area (Å²) in [5.74, 6) is -1.30. The number of halogens is 1. The number of para-hydroxylation sites is 2. The smallest absolute Gasteiger partial charge is 0.343 e. The highest BCUT2D eigenvalue weighted by Gasteiger charge is 2.43. The molecule has 1 aliphatic rings. The lowest BCUT2D eigenvalue weighted by Crippen LogP contribution is -2.57. The van der Waals surface area contributed by atoms with Crippen molar-refractivity contribution in [3.63, 3.8) is 0 Å². The van der Waals surface area contributed by atoms with Gasteiger partial charge in [0.15, 0.2) is 18.1 Å². The van der Waals surface area contributed by atoms with Crippen molar-refractivity contribution < 1.29 is 28.7 Å². The molecule has 0 spiro atoms. The van der Waals surface area contributed by atoms with E-state index in [1.165, 1.54) is 6.08 Å². The number of imide groups is 2. The Labute approximate surface area is 252 Å². The molecule has 0 bridgehead atoms. The number of nitrogens with zero attached hydrogens (tertiary/aromatic N) is 2. The molecule has 216 valence electrons. The summed E-state index contributed by atoms with van der Waals surface area (Å²) in [6.45, 7) is 1.79. The highest BCUT2D eigenvalue weighted by Crippen LogP contribution is 2.32. The lowest BCUT2D eigenvalue weighted by molar-refractivity contribution is -0.121. The zero-order chi connectivity index (χ0) is 30.3. The number of carbonyl (C=O) groups is 4. The first-order valence-electron chi connectivity index (χ1n) is 13.4. The third-order valence-corrected chi connectivity index (χ3v) is 6.60. The monoisotopic (exact) mass is 595 g/mol. The van der Waals surface area contributed by atoms with E-state index in [4.69, 9.17) is 21.1 Å². The van der Waals surface area contributed by atoms with Crippen molar-refractivity contribution in [1.82, 2.24) is 0 Å². The predicted octanol–water partition coefficient (Wildman–Crippen LogP) is 6.34. The molecule has 1 saturated heterocycles. The van der Waals surface area contributed by atoms with E-state index in [2.05, 4.69) is 5.32 Å². The summed E-state index contributed by atoms with van der Waals surface area (Å²) >= 11 is 5.89. The molecule has 4 aromatic carbocycles. The molecule has 1 N–H and O–H groups in total. The summed E-state index contributed by atoms with van der Waals surface area (Å²) in [4.78, 5) is 55.1. The number of rotatable bonds is 9. The van der Waals surface area contributed by atoms with Crippen LogP contribution in [0, 0.1) is 0 Å². The van der Waals surface area contributed by atoms with Crippen molar-refractivity contribution in [1.29, 1.82) is 0 Å². The molecule has 5 rings (SSSR count). The van der Waals surface area contributed by atoms with Crippen LogP contribution in [0.1, 0.15) is 12.5 Å². The summed E-state index contributed by atoms with van der Waals surface area (Å²) in [5.41, 5.74) is 1.46. The third kappa shape index (κ3) is 6.58. The quantitative estimate of drug-likeness (QED) is 0.179. The first kappa shape index (κ1) is 29.1. The lowest BCUT2D eigenvalue weighted by Gasteiger charge is -2.33. The molecule has 0 atom stereocenters. The van der Waals surface area contributed by atoms with Gasteiger partial charge in [0.1, 0.15) is 5.57 Å². The largest absolute Gasteiger partial charge is 0.490 e. The molecule has 0 aliphatic carbocycles. The minimum Gasteiger partial charge on any atom is -0.490 e. The van der Waals surface area contributed by atoms with Crippen LogP contribution >= 0.6 is 11.6 Å². The molecule has 4 aromatic rings. The van der Waals surface area contributed by atoms with Crippen LogP contribution in [-0.2, 0) is 14.4 Å². The van der Waals surface area contributed by atoms with E-state index in [1.54, 1.807) is 110 Å². The topological polar surface area (TPSA) is 105 Å². The third-order valence-electron chi connectivity index (χ3n) is 6.34. The van der Waals surface area contributed by atoms with Gasteiger partial charge < -0.3 is 14.8 Å². The Morgan fingerprint density at radius 2 is 1.35 bits per heavy atom. The molecule has 43 heavy (non-hydrogen) atoms. The molecule has 0 aromatic heterocycles. The van der Waals surface area contributed by atoms with Gasteiger partial charge in [0.25, 0.3) is 17.7 Å². The van der Waals surface area contributed by atoms with Gasteiger partial charge in [-0.05, 0) is 79.2 Å². The van der Waals surface area contributed by atoms with Gasteiger partial charge in [0.05, 0.1) is 18.0 Å². The Hall–Kier alpha value is -5.41. The van der Waals surface area contributed by atoms with Gasteiger partial charge in [-0.25, -0.2) is 14.6 Å². The average Bonchev–Trinajstić information content (AvgIpc) is 3.01. The fourth-order valence-corrected chi connectivity index (χ4v) is 4.51. The maximum absolute atomic E-state index is 13.6. The van der Waals surface area contributed by atoms with Crippen molar-refractivity contribution in [3.8, 4) is 11.5 Å². The van der Waals surface area contributed by atoms with Crippen molar-refractivity contribution in [2.45, 2.75) is 6.92 Å². The van der Waals surface area contributed by atoms with E-state index in [1.807, 2.05) is 0 Å². The number of ether oxygens (including phenoxy) is 2. The van der Waals surface area contributed by atoms with Crippen LogP contribution in [0.15, 0.2) is 109 Å². The van der Waals surface area contributed by atoms with Gasteiger partial charge in [0, 0.05) is 10.7 Å². The van der Waals surface area contributed by atoms with Gasteiger partial charge in [0.2, 0.25) is 0 Å². The van der Waals surface area contributed by atoms with Gasteiger partial charge in [-0.15, -0.1) is 0 Å². The highest BCUT2D eigenvalue weighted by molar-refractivity contribution is 6.46. The maximum Gasteiger partial charge on any atom is 0.343 e. The Morgan fingerprint density at radius 1 is 0.767 bits per heavy atom. The normalized spacial score (nSPS) is 13.2. The summed E-state index contributed by atoms with van der Waals surface area (Å²) in [5, 5.41) is 3.27. The molecule has 1 heterocycles. The molecule has 0 radical (unpaired) electrons. The van der Waals surface area contributed by atoms with Crippen LogP contribution in [-0.4, -0.2) is 37.0 Å². The second kappa shape index (κ2) is 13.1. The number of urea groups is 1. The van der Waals surface area contributed by atoms with E-state index >= 15 is 0 Å². The molecule has 0 saturated carbocycles. The minimum absolute atomic E-state index is 0.217. The summed E-state index contributed by atoms with van der Waals surface area (Å²) < 4.78 is 11.5. The Kier molecular flexibility index (Phi) is 8.83. The second-order valence-corrected chi connectivity index (χ2v) is 9.71. The Balaban J connectivity index is 1.43. The number of benzene rings is 4. The van der Waals surface area contributed by atoms with Gasteiger partial charge in [-0.2, -0.15) is 0 Å². The highest BCUT2D eigenvalue weighted by atomic mass is 35.5. The summed E-state index contributed by atoms with van der Waals surface area (Å²) in [6, 6.07) is 27.5. The second-order valence-electron chi connectivity index (χ2n) is 9.28. The Bertz CT molecular complexity index is 1630. The molecule has 1 fully saturated rings. The van der Waals surface area contributed by atoms with Crippen LogP contribution in [0.2, 0.25) is 5.02 Å². The van der Waals surface area contributed by atoms with Gasteiger partial charge in [-0.1, -0.05) is 54.1 Å². The summed E-state index contributed by atoms with van der Waals surface area (Å²) in [6.07, 6.45) is 1.41. The number of hydrogen-bond acceptors (Lipinski definition) is 6. The van der Waals surface area contributed by atoms with E-state index in [-0.39, 0.29) is 18.1 Å². The van der Waals surface area contributed by atoms with E-state index < -0.39 is 17.8 Å². The first-order chi connectivity index (χ1) is 20.9. The number of anilines is 3. The molecule has 10 heteroatoms.